The number of hydrogen-bond donors (Lipinski definition) is 0. The molecule has 5 heteroatoms. The van der Waals surface area contributed by atoms with E-state index in [0.717, 1.165) is 0 Å². The molecule has 1 heterocycles. The fraction of sp³-hybridized carbons (Fsp3) is 0. The van der Waals surface area contributed by atoms with E-state index >= 15 is 0 Å². The van der Waals surface area contributed by atoms with Gasteiger partial charge in [-0.15, -0.1) is 0 Å². The van der Waals surface area contributed by atoms with Crippen molar-refractivity contribution in [3.63, 3.8) is 0 Å². The number of rotatable bonds is 4. The maximum atomic E-state index is 12.9. The quantitative estimate of drug-likeness (QED) is 0.526. The lowest BCUT2D eigenvalue weighted by Gasteiger charge is -1.94. The minimum absolute atomic E-state index is 0.267. The van der Waals surface area contributed by atoms with Crippen LogP contribution in [0.5, 0.6) is 0 Å². The fourth-order valence-electron chi connectivity index (χ4n) is 1.96. The Labute approximate surface area is 130 Å². The lowest BCUT2D eigenvalue weighted by atomic mass is 10.1. The largest absolute Gasteiger partial charge is 0.444 e. The van der Waals surface area contributed by atoms with Crippen molar-refractivity contribution in [1.29, 1.82) is 0 Å². The van der Waals surface area contributed by atoms with Gasteiger partial charge in [-0.25, -0.2) is 13.8 Å². The molecular formula is C18H11F2NO2. The molecule has 0 fully saturated rings. The Morgan fingerprint density at radius 2 is 1.57 bits per heavy atom. The highest BCUT2D eigenvalue weighted by Gasteiger charge is 2.06. The molecule has 0 saturated carbocycles. The first kappa shape index (κ1) is 14.8. The molecule has 0 radical (unpaired) electrons. The molecule has 3 rings (SSSR count). The molecule has 0 amide bonds. The van der Waals surface area contributed by atoms with E-state index in [1.54, 1.807) is 12.1 Å². The van der Waals surface area contributed by atoms with Gasteiger partial charge in [0.25, 0.3) is 0 Å². The molecule has 0 bridgehead atoms. The van der Waals surface area contributed by atoms with Crippen LogP contribution in [0.25, 0.3) is 17.5 Å². The van der Waals surface area contributed by atoms with E-state index in [4.69, 9.17) is 4.42 Å². The number of allylic oxidation sites excluding steroid dienone is 1. The normalized spacial score (nSPS) is 11.0. The highest BCUT2D eigenvalue weighted by molar-refractivity contribution is 6.06. The second-order valence-corrected chi connectivity index (χ2v) is 4.79. The number of oxazole rings is 1. The molecule has 114 valence electrons. The summed E-state index contributed by atoms with van der Waals surface area (Å²) >= 11 is 0. The summed E-state index contributed by atoms with van der Waals surface area (Å²) in [4.78, 5) is 16.1. The van der Waals surface area contributed by atoms with Gasteiger partial charge in [0.2, 0.25) is 5.89 Å². The highest BCUT2D eigenvalue weighted by Crippen LogP contribution is 2.19. The Bertz CT molecular complexity index is 849. The van der Waals surface area contributed by atoms with Gasteiger partial charge in [-0.2, -0.15) is 0 Å². The molecular weight excluding hydrogens is 300 g/mol. The maximum absolute atomic E-state index is 12.9. The predicted octanol–water partition coefficient (Wildman–Crippen LogP) is 4.52. The second kappa shape index (κ2) is 6.36. The number of halogens is 2. The summed E-state index contributed by atoms with van der Waals surface area (Å²) in [5.41, 5.74) is 1.47. The van der Waals surface area contributed by atoms with Crippen LogP contribution >= 0.6 is 0 Å². The maximum Gasteiger partial charge on any atom is 0.226 e. The number of hydrogen-bond acceptors (Lipinski definition) is 3. The van der Waals surface area contributed by atoms with Gasteiger partial charge in [0.05, 0.1) is 0 Å². The zero-order chi connectivity index (χ0) is 16.2. The van der Waals surface area contributed by atoms with Crippen LogP contribution in [0, 0.1) is 11.6 Å². The third-order valence-electron chi connectivity index (χ3n) is 3.15. The van der Waals surface area contributed by atoms with Crippen LogP contribution in [0.3, 0.4) is 0 Å². The van der Waals surface area contributed by atoms with Crippen molar-refractivity contribution in [2.75, 3.05) is 0 Å². The van der Waals surface area contributed by atoms with E-state index < -0.39 is 5.82 Å². The molecule has 0 unspecified atom stereocenters. The topological polar surface area (TPSA) is 43.1 Å². The molecule has 3 aromatic rings. The molecule has 23 heavy (non-hydrogen) atoms. The number of nitrogens with zero attached hydrogens (tertiary/aromatic N) is 1. The summed E-state index contributed by atoms with van der Waals surface area (Å²) in [6.45, 7) is 0. The Balaban J connectivity index is 1.74. The average Bonchev–Trinajstić information content (AvgIpc) is 3.03. The molecule has 0 aliphatic heterocycles. The van der Waals surface area contributed by atoms with Gasteiger partial charge in [-0.1, -0.05) is 0 Å². The molecule has 2 aromatic carbocycles. The van der Waals surface area contributed by atoms with Crippen molar-refractivity contribution in [1.82, 2.24) is 4.98 Å². The van der Waals surface area contributed by atoms with E-state index in [0.29, 0.717) is 22.7 Å². The van der Waals surface area contributed by atoms with E-state index in [2.05, 4.69) is 4.98 Å². The van der Waals surface area contributed by atoms with Crippen molar-refractivity contribution >= 4 is 11.9 Å². The molecule has 0 aliphatic carbocycles. The number of carbonyl (C=O) groups is 1. The molecule has 0 atom stereocenters. The standard InChI is InChI=1S/C18H11F2NO2/c19-14-5-1-12(2-6-14)17(22)10-9-16-11-23-18(21-16)13-3-7-15(20)8-4-13/h1-11H/b10-9+. The van der Waals surface area contributed by atoms with Gasteiger partial charge in [0.15, 0.2) is 5.78 Å². The third-order valence-corrected chi connectivity index (χ3v) is 3.15. The van der Waals surface area contributed by atoms with Crippen molar-refractivity contribution < 1.29 is 18.0 Å². The number of carbonyl (C=O) groups excluding carboxylic acids is 1. The van der Waals surface area contributed by atoms with Gasteiger partial charge in [-0.05, 0) is 60.7 Å². The third kappa shape index (κ3) is 3.58. The Morgan fingerprint density at radius 3 is 2.22 bits per heavy atom. The summed E-state index contributed by atoms with van der Waals surface area (Å²) in [5.74, 6) is -0.675. The minimum atomic E-state index is -0.397. The van der Waals surface area contributed by atoms with Crippen molar-refractivity contribution in [2.45, 2.75) is 0 Å². The van der Waals surface area contributed by atoms with E-state index in [9.17, 15) is 13.6 Å². The SMILES string of the molecule is O=C(/C=C/c1coc(-c2ccc(F)cc2)n1)c1ccc(F)cc1. The van der Waals surface area contributed by atoms with E-state index in [-0.39, 0.29) is 11.6 Å². The summed E-state index contributed by atoms with van der Waals surface area (Å²) in [5, 5.41) is 0. The summed E-state index contributed by atoms with van der Waals surface area (Å²) in [6, 6.07) is 11.0. The fourth-order valence-corrected chi connectivity index (χ4v) is 1.96. The van der Waals surface area contributed by atoms with Gasteiger partial charge >= 0.3 is 0 Å². The minimum Gasteiger partial charge on any atom is -0.444 e. The molecule has 0 aliphatic rings. The first-order chi connectivity index (χ1) is 11.1. The van der Waals surface area contributed by atoms with Crippen molar-refractivity contribution in [3.8, 4) is 11.5 Å². The second-order valence-electron chi connectivity index (χ2n) is 4.79. The van der Waals surface area contributed by atoms with Crippen LogP contribution < -0.4 is 0 Å². The lowest BCUT2D eigenvalue weighted by Crippen LogP contribution is -1.93. The van der Waals surface area contributed by atoms with Crippen LogP contribution in [-0.4, -0.2) is 10.8 Å². The molecule has 0 N–H and O–H groups in total. The Morgan fingerprint density at radius 1 is 0.957 bits per heavy atom. The molecule has 3 nitrogen and oxygen atoms in total. The number of benzene rings is 2. The Hall–Kier alpha value is -3.08. The number of aromatic nitrogens is 1. The lowest BCUT2D eigenvalue weighted by molar-refractivity contribution is 0.104. The Kier molecular flexibility index (Phi) is 4.10. The van der Waals surface area contributed by atoms with Crippen LogP contribution in [0.2, 0.25) is 0 Å². The summed E-state index contributed by atoms with van der Waals surface area (Å²) in [6.07, 6.45) is 4.23. The average molecular weight is 311 g/mol. The summed E-state index contributed by atoms with van der Waals surface area (Å²) < 4.78 is 31.0. The zero-order valence-corrected chi connectivity index (χ0v) is 11.9. The van der Waals surface area contributed by atoms with Gasteiger partial charge < -0.3 is 4.42 Å². The van der Waals surface area contributed by atoms with Crippen molar-refractivity contribution in [2.24, 2.45) is 0 Å². The van der Waals surface area contributed by atoms with Crippen LogP contribution in [-0.2, 0) is 0 Å². The molecule has 0 spiro atoms. The van der Waals surface area contributed by atoms with Gasteiger partial charge in [0.1, 0.15) is 23.6 Å². The highest BCUT2D eigenvalue weighted by atomic mass is 19.1. The molecule has 0 saturated heterocycles. The first-order valence-electron chi connectivity index (χ1n) is 6.81. The monoisotopic (exact) mass is 311 g/mol. The van der Waals surface area contributed by atoms with Crippen LogP contribution in [0.1, 0.15) is 16.1 Å². The predicted molar refractivity (Wildman–Crippen MR) is 81.7 cm³/mol. The smallest absolute Gasteiger partial charge is 0.226 e. The van der Waals surface area contributed by atoms with Gasteiger partial charge in [-0.3, -0.25) is 4.79 Å². The van der Waals surface area contributed by atoms with Crippen LogP contribution in [0.4, 0.5) is 8.78 Å². The first-order valence-corrected chi connectivity index (χ1v) is 6.81. The van der Waals surface area contributed by atoms with Gasteiger partial charge in [0, 0.05) is 11.1 Å². The number of ketones is 1. The van der Waals surface area contributed by atoms with E-state index in [1.807, 2.05) is 0 Å². The molecule has 1 aromatic heterocycles. The zero-order valence-electron chi connectivity index (χ0n) is 11.9. The van der Waals surface area contributed by atoms with Crippen LogP contribution in [0.15, 0.2) is 65.3 Å². The summed E-state index contributed by atoms with van der Waals surface area (Å²) in [7, 11) is 0. The van der Waals surface area contributed by atoms with E-state index in [1.165, 1.54) is 54.8 Å². The van der Waals surface area contributed by atoms with Crippen molar-refractivity contribution in [3.05, 3.63) is 83.8 Å².